The molecular weight excluding hydrogens is 264 g/mol. The first-order chi connectivity index (χ1) is 9.94. The minimum atomic E-state index is -0.455. The minimum Gasteiger partial charge on any atom is -0.444 e. The lowest BCUT2D eigenvalue weighted by Crippen LogP contribution is -2.32. The van der Waals surface area contributed by atoms with Crippen LogP contribution in [-0.2, 0) is 24.2 Å². The summed E-state index contributed by atoms with van der Waals surface area (Å²) in [5, 5.41) is 6.13. The standard InChI is InChI=1S/C15H22N2O2.C2H6/c1-15(2,3)19-14(18)17-9-11-4-5-12-6-7-16-10-13(12)8-11;1-2/h4-5,8,16H,6-7,9-10H2,1-3H3,(H,17,18);1-2H3. The number of carbonyl (C=O) groups excluding carboxylic acids is 1. The normalized spacial score (nSPS) is 13.6. The van der Waals surface area contributed by atoms with Crippen molar-refractivity contribution in [2.75, 3.05) is 6.54 Å². The molecule has 0 bridgehead atoms. The lowest BCUT2D eigenvalue weighted by molar-refractivity contribution is 0.0523. The van der Waals surface area contributed by atoms with Crippen molar-refractivity contribution in [1.29, 1.82) is 0 Å². The summed E-state index contributed by atoms with van der Waals surface area (Å²) < 4.78 is 5.21. The Morgan fingerprint density at radius 1 is 1.29 bits per heavy atom. The van der Waals surface area contributed by atoms with Gasteiger partial charge >= 0.3 is 6.09 Å². The minimum absolute atomic E-state index is 0.372. The van der Waals surface area contributed by atoms with Crippen LogP contribution in [0.2, 0.25) is 0 Å². The van der Waals surface area contributed by atoms with Gasteiger partial charge in [0, 0.05) is 13.1 Å². The van der Waals surface area contributed by atoms with E-state index in [0.717, 1.165) is 25.1 Å². The molecule has 0 fully saturated rings. The second kappa shape index (κ2) is 8.03. The van der Waals surface area contributed by atoms with Crippen molar-refractivity contribution in [2.24, 2.45) is 0 Å². The monoisotopic (exact) mass is 292 g/mol. The van der Waals surface area contributed by atoms with E-state index in [4.69, 9.17) is 4.74 Å². The van der Waals surface area contributed by atoms with E-state index in [0.29, 0.717) is 6.54 Å². The molecule has 1 aromatic carbocycles. The summed E-state index contributed by atoms with van der Waals surface area (Å²) in [6.07, 6.45) is 0.707. The summed E-state index contributed by atoms with van der Waals surface area (Å²) in [6, 6.07) is 6.38. The predicted octanol–water partition coefficient (Wildman–Crippen LogP) is 3.38. The molecule has 4 heteroatoms. The smallest absolute Gasteiger partial charge is 0.407 e. The van der Waals surface area contributed by atoms with Crippen LogP contribution < -0.4 is 10.6 Å². The number of benzene rings is 1. The highest BCUT2D eigenvalue weighted by molar-refractivity contribution is 5.67. The van der Waals surface area contributed by atoms with Crippen molar-refractivity contribution in [1.82, 2.24) is 10.6 Å². The first kappa shape index (κ1) is 17.5. The third kappa shape index (κ3) is 6.17. The zero-order chi connectivity index (χ0) is 15.9. The van der Waals surface area contributed by atoms with Gasteiger partial charge in [-0.2, -0.15) is 0 Å². The number of hydrogen-bond donors (Lipinski definition) is 2. The Bertz CT molecular complexity index is 464. The first-order valence-corrected chi connectivity index (χ1v) is 7.72. The van der Waals surface area contributed by atoms with Crippen LogP contribution in [0.3, 0.4) is 0 Å². The van der Waals surface area contributed by atoms with Gasteiger partial charge in [-0.1, -0.05) is 32.0 Å². The molecule has 0 atom stereocenters. The average Bonchev–Trinajstić information content (AvgIpc) is 2.45. The van der Waals surface area contributed by atoms with Gasteiger partial charge in [-0.25, -0.2) is 4.79 Å². The fourth-order valence-corrected chi connectivity index (χ4v) is 2.13. The Morgan fingerprint density at radius 2 is 2.00 bits per heavy atom. The molecule has 0 aromatic heterocycles. The number of hydrogen-bond acceptors (Lipinski definition) is 3. The number of nitrogens with one attached hydrogen (secondary N) is 2. The number of amides is 1. The van der Waals surface area contributed by atoms with Crippen LogP contribution in [0.5, 0.6) is 0 Å². The number of fused-ring (bicyclic) bond motifs is 1. The summed E-state index contributed by atoms with van der Waals surface area (Å²) in [6.45, 7) is 12.0. The lowest BCUT2D eigenvalue weighted by atomic mass is 9.98. The van der Waals surface area contributed by atoms with Crippen LogP contribution in [0.1, 0.15) is 51.3 Å². The molecule has 0 saturated heterocycles. The van der Waals surface area contributed by atoms with Gasteiger partial charge in [-0.15, -0.1) is 0 Å². The maximum absolute atomic E-state index is 11.6. The molecule has 2 N–H and O–H groups in total. The Hall–Kier alpha value is -1.55. The number of alkyl carbamates (subject to hydrolysis) is 1. The molecule has 4 nitrogen and oxygen atoms in total. The molecule has 0 aliphatic carbocycles. The summed E-state index contributed by atoms with van der Waals surface area (Å²) in [5.74, 6) is 0. The summed E-state index contributed by atoms with van der Waals surface area (Å²) in [4.78, 5) is 11.6. The second-order valence-corrected chi connectivity index (χ2v) is 5.89. The van der Waals surface area contributed by atoms with Crippen molar-refractivity contribution in [3.8, 4) is 0 Å². The molecule has 0 unspecified atom stereocenters. The third-order valence-electron chi connectivity index (χ3n) is 2.99. The van der Waals surface area contributed by atoms with Crippen molar-refractivity contribution in [3.63, 3.8) is 0 Å². The molecule has 1 aliphatic rings. The topological polar surface area (TPSA) is 50.4 Å². The first-order valence-electron chi connectivity index (χ1n) is 7.72. The molecule has 1 amide bonds. The molecular formula is C17H28N2O2. The van der Waals surface area contributed by atoms with Gasteiger partial charge in [0.05, 0.1) is 0 Å². The van der Waals surface area contributed by atoms with Crippen LogP contribution in [0.25, 0.3) is 0 Å². The van der Waals surface area contributed by atoms with Crippen molar-refractivity contribution >= 4 is 6.09 Å². The maximum Gasteiger partial charge on any atom is 0.407 e. The van der Waals surface area contributed by atoms with Gasteiger partial charge in [0.15, 0.2) is 0 Å². The van der Waals surface area contributed by atoms with Crippen LogP contribution >= 0.6 is 0 Å². The molecule has 118 valence electrons. The largest absolute Gasteiger partial charge is 0.444 e. The molecule has 1 heterocycles. The van der Waals surface area contributed by atoms with E-state index in [1.54, 1.807) is 0 Å². The second-order valence-electron chi connectivity index (χ2n) is 5.89. The molecule has 2 rings (SSSR count). The van der Waals surface area contributed by atoms with Gasteiger partial charge < -0.3 is 15.4 Å². The van der Waals surface area contributed by atoms with Gasteiger partial charge in [0.25, 0.3) is 0 Å². The summed E-state index contributed by atoms with van der Waals surface area (Å²) in [5.41, 5.74) is 3.38. The zero-order valence-corrected chi connectivity index (χ0v) is 13.9. The molecule has 1 aliphatic heterocycles. The van der Waals surface area contributed by atoms with E-state index in [1.165, 1.54) is 11.1 Å². The zero-order valence-electron chi connectivity index (χ0n) is 13.9. The number of carbonyl (C=O) groups is 1. The molecule has 0 radical (unpaired) electrons. The lowest BCUT2D eigenvalue weighted by Gasteiger charge is -2.20. The highest BCUT2D eigenvalue weighted by atomic mass is 16.6. The van der Waals surface area contributed by atoms with E-state index in [2.05, 4.69) is 28.8 Å². The van der Waals surface area contributed by atoms with Crippen molar-refractivity contribution < 1.29 is 9.53 Å². The highest BCUT2D eigenvalue weighted by Gasteiger charge is 2.16. The Balaban J connectivity index is 0.00000106. The van der Waals surface area contributed by atoms with Crippen molar-refractivity contribution in [2.45, 2.75) is 59.7 Å². The van der Waals surface area contributed by atoms with E-state index >= 15 is 0 Å². The molecule has 21 heavy (non-hydrogen) atoms. The van der Waals surface area contributed by atoms with Crippen LogP contribution in [0.15, 0.2) is 18.2 Å². The highest BCUT2D eigenvalue weighted by Crippen LogP contribution is 2.16. The fraction of sp³-hybridized carbons (Fsp3) is 0.588. The summed E-state index contributed by atoms with van der Waals surface area (Å²) in [7, 11) is 0. The third-order valence-corrected chi connectivity index (χ3v) is 2.99. The Morgan fingerprint density at radius 3 is 2.67 bits per heavy atom. The van der Waals surface area contributed by atoms with Gasteiger partial charge in [-0.3, -0.25) is 0 Å². The summed E-state index contributed by atoms with van der Waals surface area (Å²) >= 11 is 0. The molecule has 0 spiro atoms. The van der Waals surface area contributed by atoms with Gasteiger partial charge in [0.2, 0.25) is 0 Å². The Labute approximate surface area is 128 Å². The number of ether oxygens (including phenoxy) is 1. The fourth-order valence-electron chi connectivity index (χ4n) is 2.13. The SMILES string of the molecule is CC.CC(C)(C)OC(=O)NCc1ccc2c(c1)CNCC2. The van der Waals surface area contributed by atoms with Crippen LogP contribution in [0.4, 0.5) is 4.79 Å². The number of rotatable bonds is 2. The van der Waals surface area contributed by atoms with Crippen molar-refractivity contribution in [3.05, 3.63) is 34.9 Å². The predicted molar refractivity (Wildman–Crippen MR) is 86.3 cm³/mol. The molecule has 1 aromatic rings. The molecule has 0 saturated carbocycles. The van der Waals surface area contributed by atoms with Crippen LogP contribution in [-0.4, -0.2) is 18.2 Å². The average molecular weight is 292 g/mol. The van der Waals surface area contributed by atoms with Gasteiger partial charge in [0.1, 0.15) is 5.60 Å². The quantitative estimate of drug-likeness (QED) is 0.878. The van der Waals surface area contributed by atoms with E-state index in [1.807, 2.05) is 34.6 Å². The maximum atomic E-state index is 11.6. The van der Waals surface area contributed by atoms with Gasteiger partial charge in [-0.05, 0) is 50.4 Å². The van der Waals surface area contributed by atoms with E-state index in [-0.39, 0.29) is 6.09 Å². The van der Waals surface area contributed by atoms with E-state index in [9.17, 15) is 4.79 Å². The van der Waals surface area contributed by atoms with E-state index < -0.39 is 5.60 Å². The van der Waals surface area contributed by atoms with Crippen LogP contribution in [0, 0.1) is 0 Å². The Kier molecular flexibility index (Phi) is 6.69.